The summed E-state index contributed by atoms with van der Waals surface area (Å²) in [5, 5.41) is 3.52. The summed E-state index contributed by atoms with van der Waals surface area (Å²) in [6.07, 6.45) is 1.21. The fraction of sp³-hybridized carbons (Fsp3) is 1.00. The molecule has 15 heavy (non-hydrogen) atoms. The first-order valence-electron chi connectivity index (χ1n) is 6.20. The Morgan fingerprint density at radius 3 is 2.07 bits per heavy atom. The number of hydrogen-bond donors (Lipinski definition) is 1. The van der Waals surface area contributed by atoms with Crippen LogP contribution in [0, 0.1) is 5.41 Å². The number of hydrogen-bond acceptors (Lipinski definition) is 2. The van der Waals surface area contributed by atoms with Crippen molar-refractivity contribution in [1.82, 2.24) is 10.2 Å². The minimum atomic E-state index is 0.389. The molecular weight excluding hydrogens is 184 g/mol. The van der Waals surface area contributed by atoms with Gasteiger partial charge in [0.15, 0.2) is 0 Å². The molecule has 0 amide bonds. The molecular formula is C13H30N2. The lowest BCUT2D eigenvalue weighted by Gasteiger charge is -2.33. The molecule has 0 fully saturated rings. The first-order valence-corrected chi connectivity index (χ1v) is 6.20. The Balaban J connectivity index is 4.04. The zero-order chi connectivity index (χ0) is 12.1. The summed E-state index contributed by atoms with van der Waals surface area (Å²) >= 11 is 0. The molecule has 1 atom stereocenters. The second-order valence-corrected chi connectivity index (χ2v) is 6.10. The SMILES string of the molecule is CCC(CNC(C)C)N(C)CC(C)(C)C. The van der Waals surface area contributed by atoms with Crippen LogP contribution in [-0.4, -0.2) is 37.1 Å². The molecule has 0 saturated heterocycles. The average Bonchev–Trinajstić information content (AvgIpc) is 2.01. The number of nitrogens with zero attached hydrogens (tertiary/aromatic N) is 1. The molecule has 0 saturated carbocycles. The standard InChI is InChI=1S/C13H30N2/c1-8-12(9-14-11(2)3)15(7)10-13(4,5)6/h11-12,14H,8-10H2,1-7H3. The highest BCUT2D eigenvalue weighted by Gasteiger charge is 2.19. The Labute approximate surface area is 96.4 Å². The maximum atomic E-state index is 3.52. The lowest BCUT2D eigenvalue weighted by atomic mass is 9.95. The van der Waals surface area contributed by atoms with Gasteiger partial charge in [0.05, 0.1) is 0 Å². The summed E-state index contributed by atoms with van der Waals surface area (Å²) < 4.78 is 0. The molecule has 2 nitrogen and oxygen atoms in total. The van der Waals surface area contributed by atoms with Crippen molar-refractivity contribution in [2.75, 3.05) is 20.1 Å². The fourth-order valence-electron chi connectivity index (χ4n) is 1.86. The van der Waals surface area contributed by atoms with E-state index in [2.05, 4.69) is 58.8 Å². The highest BCUT2D eigenvalue weighted by molar-refractivity contribution is 4.75. The van der Waals surface area contributed by atoms with Crippen LogP contribution < -0.4 is 5.32 Å². The highest BCUT2D eigenvalue weighted by Crippen LogP contribution is 2.16. The van der Waals surface area contributed by atoms with Crippen LogP contribution >= 0.6 is 0 Å². The number of rotatable bonds is 6. The van der Waals surface area contributed by atoms with E-state index in [0.29, 0.717) is 17.5 Å². The van der Waals surface area contributed by atoms with Gasteiger partial charge in [-0.1, -0.05) is 41.5 Å². The Hall–Kier alpha value is -0.0800. The molecule has 2 heteroatoms. The molecule has 92 valence electrons. The molecule has 0 aliphatic heterocycles. The van der Waals surface area contributed by atoms with E-state index in [9.17, 15) is 0 Å². The molecule has 0 radical (unpaired) electrons. The van der Waals surface area contributed by atoms with E-state index in [1.54, 1.807) is 0 Å². The van der Waals surface area contributed by atoms with Crippen LogP contribution in [0.4, 0.5) is 0 Å². The van der Waals surface area contributed by atoms with E-state index in [0.717, 1.165) is 13.1 Å². The van der Waals surface area contributed by atoms with Gasteiger partial charge in [-0.15, -0.1) is 0 Å². The van der Waals surface area contributed by atoms with Crippen LogP contribution in [0.2, 0.25) is 0 Å². The fourth-order valence-corrected chi connectivity index (χ4v) is 1.86. The lowest BCUT2D eigenvalue weighted by Crippen LogP contribution is -2.44. The van der Waals surface area contributed by atoms with Crippen LogP contribution in [-0.2, 0) is 0 Å². The smallest absolute Gasteiger partial charge is 0.0215 e. The Morgan fingerprint density at radius 1 is 1.20 bits per heavy atom. The zero-order valence-corrected chi connectivity index (χ0v) is 11.7. The molecule has 0 aromatic heterocycles. The van der Waals surface area contributed by atoms with Gasteiger partial charge < -0.3 is 10.2 Å². The molecule has 0 rings (SSSR count). The first-order chi connectivity index (χ1) is 6.76. The van der Waals surface area contributed by atoms with E-state index < -0.39 is 0 Å². The van der Waals surface area contributed by atoms with Gasteiger partial charge in [0.1, 0.15) is 0 Å². The van der Waals surface area contributed by atoms with Crippen molar-refractivity contribution in [3.05, 3.63) is 0 Å². The Kier molecular flexibility index (Phi) is 6.46. The molecule has 0 aliphatic rings. The van der Waals surface area contributed by atoms with Crippen molar-refractivity contribution in [3.8, 4) is 0 Å². The topological polar surface area (TPSA) is 15.3 Å². The summed E-state index contributed by atoms with van der Waals surface area (Å²) in [5.41, 5.74) is 0.389. The molecule has 0 aromatic rings. The molecule has 0 heterocycles. The lowest BCUT2D eigenvalue weighted by molar-refractivity contribution is 0.163. The van der Waals surface area contributed by atoms with Gasteiger partial charge in [0, 0.05) is 25.2 Å². The predicted octanol–water partition coefficient (Wildman–Crippen LogP) is 2.74. The number of nitrogens with one attached hydrogen (secondary N) is 1. The molecule has 0 aromatic carbocycles. The zero-order valence-electron chi connectivity index (χ0n) is 11.7. The van der Waals surface area contributed by atoms with E-state index >= 15 is 0 Å². The third-order valence-corrected chi connectivity index (χ3v) is 2.58. The monoisotopic (exact) mass is 214 g/mol. The first kappa shape index (κ1) is 14.9. The molecule has 1 unspecified atom stereocenters. The van der Waals surface area contributed by atoms with Crippen LogP contribution in [0.3, 0.4) is 0 Å². The number of likely N-dealkylation sites (N-methyl/N-ethyl adjacent to an activating group) is 1. The second kappa shape index (κ2) is 6.49. The molecule has 1 N–H and O–H groups in total. The molecule has 0 aliphatic carbocycles. The van der Waals surface area contributed by atoms with Gasteiger partial charge in [-0.25, -0.2) is 0 Å². The second-order valence-electron chi connectivity index (χ2n) is 6.10. The van der Waals surface area contributed by atoms with Crippen LogP contribution in [0.1, 0.15) is 48.0 Å². The third-order valence-electron chi connectivity index (χ3n) is 2.58. The van der Waals surface area contributed by atoms with Crippen molar-refractivity contribution in [2.24, 2.45) is 5.41 Å². The van der Waals surface area contributed by atoms with E-state index in [1.807, 2.05) is 0 Å². The van der Waals surface area contributed by atoms with Gasteiger partial charge in [-0.2, -0.15) is 0 Å². The Morgan fingerprint density at radius 2 is 1.73 bits per heavy atom. The minimum Gasteiger partial charge on any atom is -0.313 e. The van der Waals surface area contributed by atoms with Gasteiger partial charge in [-0.3, -0.25) is 0 Å². The third kappa shape index (κ3) is 7.80. The highest BCUT2D eigenvalue weighted by atomic mass is 15.2. The maximum absolute atomic E-state index is 3.52. The van der Waals surface area contributed by atoms with Crippen molar-refractivity contribution >= 4 is 0 Å². The summed E-state index contributed by atoms with van der Waals surface area (Å²) in [6.45, 7) is 15.8. The minimum absolute atomic E-state index is 0.389. The van der Waals surface area contributed by atoms with Gasteiger partial charge >= 0.3 is 0 Å². The van der Waals surface area contributed by atoms with Crippen molar-refractivity contribution in [3.63, 3.8) is 0 Å². The van der Waals surface area contributed by atoms with Crippen molar-refractivity contribution < 1.29 is 0 Å². The summed E-state index contributed by atoms with van der Waals surface area (Å²) in [7, 11) is 2.24. The van der Waals surface area contributed by atoms with Gasteiger partial charge in [0.25, 0.3) is 0 Å². The predicted molar refractivity (Wildman–Crippen MR) is 69.3 cm³/mol. The summed E-state index contributed by atoms with van der Waals surface area (Å²) in [5.74, 6) is 0. The van der Waals surface area contributed by atoms with Crippen molar-refractivity contribution in [2.45, 2.75) is 60.0 Å². The van der Waals surface area contributed by atoms with E-state index in [-0.39, 0.29) is 0 Å². The van der Waals surface area contributed by atoms with Crippen LogP contribution in [0.5, 0.6) is 0 Å². The van der Waals surface area contributed by atoms with Crippen LogP contribution in [0.15, 0.2) is 0 Å². The Bertz CT molecular complexity index is 158. The molecule has 0 bridgehead atoms. The van der Waals surface area contributed by atoms with E-state index in [1.165, 1.54) is 6.42 Å². The van der Waals surface area contributed by atoms with Crippen LogP contribution in [0.25, 0.3) is 0 Å². The van der Waals surface area contributed by atoms with Crippen molar-refractivity contribution in [1.29, 1.82) is 0 Å². The maximum Gasteiger partial charge on any atom is 0.0215 e. The summed E-state index contributed by atoms with van der Waals surface area (Å²) in [4.78, 5) is 2.48. The quantitative estimate of drug-likeness (QED) is 0.731. The largest absolute Gasteiger partial charge is 0.313 e. The van der Waals surface area contributed by atoms with Gasteiger partial charge in [0.2, 0.25) is 0 Å². The van der Waals surface area contributed by atoms with Gasteiger partial charge in [-0.05, 0) is 18.9 Å². The molecule has 0 spiro atoms. The van der Waals surface area contributed by atoms with E-state index in [4.69, 9.17) is 0 Å². The normalized spacial score (nSPS) is 15.0. The average molecular weight is 214 g/mol. The summed E-state index contributed by atoms with van der Waals surface area (Å²) in [6, 6.07) is 1.24.